The van der Waals surface area contributed by atoms with Gasteiger partial charge in [-0.1, -0.05) is 0 Å². The molecule has 2 aliphatic rings. The molecule has 0 aromatic rings. The number of hydrogen-bond acceptors (Lipinski definition) is 3. The lowest BCUT2D eigenvalue weighted by molar-refractivity contribution is -0.0495. The highest BCUT2D eigenvalue weighted by atomic mass is 127. The van der Waals surface area contributed by atoms with Crippen molar-refractivity contribution < 1.29 is 9.47 Å². The molecule has 3 atom stereocenters. The van der Waals surface area contributed by atoms with Gasteiger partial charge in [0, 0.05) is 12.6 Å². The second kappa shape index (κ2) is 4.47. The predicted octanol–water partition coefficient (Wildman–Crippen LogP) is 2.38. The molecule has 0 radical (unpaired) electrons. The van der Waals surface area contributed by atoms with Gasteiger partial charge in [0.15, 0.2) is 3.73 Å². The number of ether oxygens (including phenoxy) is 2. The van der Waals surface area contributed by atoms with E-state index in [4.69, 9.17) is 9.47 Å². The molecule has 3 unspecified atom stereocenters. The molecule has 2 rings (SSSR count). The molecule has 2 heterocycles. The van der Waals surface area contributed by atoms with Crippen LogP contribution in [-0.4, -0.2) is 40.0 Å². The minimum absolute atomic E-state index is 0.121. The zero-order chi connectivity index (χ0) is 11.1. The van der Waals surface area contributed by atoms with Crippen LogP contribution in [-0.2, 0) is 9.47 Å². The van der Waals surface area contributed by atoms with Crippen LogP contribution in [0.25, 0.3) is 0 Å². The minimum Gasteiger partial charge on any atom is -0.376 e. The van der Waals surface area contributed by atoms with Gasteiger partial charge in [0.1, 0.15) is 0 Å². The first-order valence-electron chi connectivity index (χ1n) is 5.76. The molecule has 0 N–H and O–H groups in total. The summed E-state index contributed by atoms with van der Waals surface area (Å²) in [5.74, 6) is 0. The van der Waals surface area contributed by atoms with Crippen molar-refractivity contribution in [3.05, 3.63) is 0 Å². The van der Waals surface area contributed by atoms with E-state index in [0.717, 1.165) is 6.61 Å². The Balaban J connectivity index is 1.96. The van der Waals surface area contributed by atoms with Crippen LogP contribution in [0.5, 0.6) is 0 Å². The standard InChI is InChI=1S/C11H20INO2/c1-8(2)14-7-10-9-5-4-6-13(9)11(3,12)15-10/h8-10H,4-7H2,1-3H3. The summed E-state index contributed by atoms with van der Waals surface area (Å²) in [5.41, 5.74) is 0. The summed E-state index contributed by atoms with van der Waals surface area (Å²) in [5, 5.41) is 0. The maximum atomic E-state index is 6.05. The highest BCUT2D eigenvalue weighted by Gasteiger charge is 2.50. The van der Waals surface area contributed by atoms with Crippen LogP contribution in [0, 0.1) is 0 Å². The largest absolute Gasteiger partial charge is 0.376 e. The summed E-state index contributed by atoms with van der Waals surface area (Å²) in [6, 6.07) is 0.575. The second-order valence-electron chi connectivity index (χ2n) is 4.81. The Morgan fingerprint density at radius 2 is 2.33 bits per heavy atom. The van der Waals surface area contributed by atoms with Gasteiger partial charge in [-0.15, -0.1) is 0 Å². The van der Waals surface area contributed by atoms with Crippen molar-refractivity contribution in [2.24, 2.45) is 0 Å². The van der Waals surface area contributed by atoms with Gasteiger partial charge >= 0.3 is 0 Å². The lowest BCUT2D eigenvalue weighted by atomic mass is 10.1. The summed E-state index contributed by atoms with van der Waals surface area (Å²) >= 11 is 2.40. The third-order valence-corrected chi connectivity index (χ3v) is 4.08. The monoisotopic (exact) mass is 325 g/mol. The minimum atomic E-state index is -0.121. The van der Waals surface area contributed by atoms with Gasteiger partial charge < -0.3 is 9.47 Å². The molecule has 0 aromatic heterocycles. The molecular formula is C11H20INO2. The first-order chi connectivity index (χ1) is 7.00. The zero-order valence-corrected chi connectivity index (χ0v) is 11.9. The molecule has 0 amide bonds. The maximum Gasteiger partial charge on any atom is 0.171 e. The van der Waals surface area contributed by atoms with Crippen molar-refractivity contribution in [2.75, 3.05) is 13.2 Å². The quantitative estimate of drug-likeness (QED) is 0.452. The van der Waals surface area contributed by atoms with Crippen molar-refractivity contribution in [3.8, 4) is 0 Å². The third kappa shape index (κ3) is 2.48. The SMILES string of the molecule is CC(C)OCC1OC(C)(I)N2CCCC12. The van der Waals surface area contributed by atoms with E-state index in [2.05, 4.69) is 48.3 Å². The topological polar surface area (TPSA) is 21.7 Å². The number of nitrogens with zero attached hydrogens (tertiary/aromatic N) is 1. The van der Waals surface area contributed by atoms with E-state index in [1.54, 1.807) is 0 Å². The van der Waals surface area contributed by atoms with Gasteiger partial charge in [-0.3, -0.25) is 4.90 Å². The fraction of sp³-hybridized carbons (Fsp3) is 1.00. The molecule has 4 heteroatoms. The lowest BCUT2D eigenvalue weighted by Gasteiger charge is -2.26. The third-order valence-electron chi connectivity index (χ3n) is 3.20. The Labute approximate surface area is 106 Å². The Morgan fingerprint density at radius 1 is 1.60 bits per heavy atom. The Morgan fingerprint density at radius 3 is 3.00 bits per heavy atom. The van der Waals surface area contributed by atoms with Crippen LogP contribution in [0.4, 0.5) is 0 Å². The molecule has 2 aliphatic heterocycles. The van der Waals surface area contributed by atoms with Gasteiger partial charge in [-0.25, -0.2) is 0 Å². The summed E-state index contributed by atoms with van der Waals surface area (Å²) in [6.07, 6.45) is 3.11. The van der Waals surface area contributed by atoms with Gasteiger partial charge in [-0.2, -0.15) is 0 Å². The number of halogens is 1. The second-order valence-corrected chi connectivity index (χ2v) is 6.81. The Bertz CT molecular complexity index is 233. The molecule has 3 nitrogen and oxygen atoms in total. The fourth-order valence-corrected chi connectivity index (χ4v) is 3.46. The molecule has 0 aromatic carbocycles. The first-order valence-corrected chi connectivity index (χ1v) is 6.83. The van der Waals surface area contributed by atoms with Crippen LogP contribution in [0.3, 0.4) is 0 Å². The van der Waals surface area contributed by atoms with Crippen LogP contribution >= 0.6 is 22.6 Å². The Hall–Kier alpha value is 0.610. The van der Waals surface area contributed by atoms with Gasteiger partial charge in [0.2, 0.25) is 0 Å². The smallest absolute Gasteiger partial charge is 0.171 e. The summed E-state index contributed by atoms with van der Waals surface area (Å²) < 4.78 is 11.6. The maximum absolute atomic E-state index is 6.05. The van der Waals surface area contributed by atoms with E-state index in [1.165, 1.54) is 19.4 Å². The van der Waals surface area contributed by atoms with Crippen molar-refractivity contribution >= 4 is 22.6 Å². The summed E-state index contributed by atoms with van der Waals surface area (Å²) in [6.45, 7) is 8.20. The number of alkyl halides is 1. The molecule has 15 heavy (non-hydrogen) atoms. The van der Waals surface area contributed by atoms with Crippen LogP contribution in [0.1, 0.15) is 33.6 Å². The van der Waals surface area contributed by atoms with Crippen LogP contribution in [0.2, 0.25) is 0 Å². The highest BCUT2D eigenvalue weighted by molar-refractivity contribution is 14.1. The van der Waals surface area contributed by atoms with Crippen molar-refractivity contribution in [2.45, 2.75) is 55.6 Å². The van der Waals surface area contributed by atoms with Gasteiger partial charge in [0.25, 0.3) is 0 Å². The van der Waals surface area contributed by atoms with E-state index >= 15 is 0 Å². The normalized spacial score (nSPS) is 41.4. The average molecular weight is 325 g/mol. The van der Waals surface area contributed by atoms with E-state index in [-0.39, 0.29) is 9.84 Å². The summed E-state index contributed by atoms with van der Waals surface area (Å²) in [7, 11) is 0. The van der Waals surface area contributed by atoms with Crippen LogP contribution in [0.15, 0.2) is 0 Å². The lowest BCUT2D eigenvalue weighted by Crippen LogP contribution is -2.38. The van der Waals surface area contributed by atoms with E-state index in [0.29, 0.717) is 12.1 Å². The molecule has 2 fully saturated rings. The number of hydrogen-bond donors (Lipinski definition) is 0. The molecule has 88 valence electrons. The van der Waals surface area contributed by atoms with Gasteiger partial charge in [-0.05, 0) is 56.2 Å². The molecule has 0 saturated carbocycles. The summed E-state index contributed by atoms with van der Waals surface area (Å²) in [4.78, 5) is 2.47. The zero-order valence-electron chi connectivity index (χ0n) is 9.70. The predicted molar refractivity (Wildman–Crippen MR) is 68.1 cm³/mol. The van der Waals surface area contributed by atoms with Gasteiger partial charge in [0.05, 0.1) is 18.8 Å². The molecular weight excluding hydrogens is 305 g/mol. The number of rotatable bonds is 3. The van der Waals surface area contributed by atoms with Crippen molar-refractivity contribution in [1.82, 2.24) is 4.90 Å². The van der Waals surface area contributed by atoms with E-state index < -0.39 is 0 Å². The molecule has 0 aliphatic carbocycles. The van der Waals surface area contributed by atoms with E-state index in [1.807, 2.05) is 0 Å². The molecule has 2 saturated heterocycles. The number of fused-ring (bicyclic) bond motifs is 1. The van der Waals surface area contributed by atoms with E-state index in [9.17, 15) is 0 Å². The Kier molecular flexibility index (Phi) is 3.60. The van der Waals surface area contributed by atoms with Crippen LogP contribution < -0.4 is 0 Å². The fourth-order valence-electron chi connectivity index (χ4n) is 2.53. The molecule has 0 bridgehead atoms. The average Bonchev–Trinajstić information content (AvgIpc) is 2.66. The first kappa shape index (κ1) is 12.1. The van der Waals surface area contributed by atoms with Crippen molar-refractivity contribution in [1.29, 1.82) is 0 Å². The molecule has 0 spiro atoms. The highest BCUT2D eigenvalue weighted by Crippen LogP contribution is 2.42. The van der Waals surface area contributed by atoms with Crippen molar-refractivity contribution in [3.63, 3.8) is 0 Å².